The molecule has 6 rings (SSSR count). The number of aromatic nitrogens is 5. The van der Waals surface area contributed by atoms with Crippen molar-refractivity contribution in [3.8, 4) is 5.69 Å². The molecule has 1 aliphatic rings. The number of benzene rings is 2. The monoisotopic (exact) mass is 809 g/mol. The van der Waals surface area contributed by atoms with Crippen molar-refractivity contribution in [2.75, 3.05) is 39.5 Å². The number of carbonyl (C=O) groups is 1. The Balaban J connectivity index is 0.987. The molecule has 0 spiro atoms. The van der Waals surface area contributed by atoms with Crippen LogP contribution >= 0.6 is 0 Å². The van der Waals surface area contributed by atoms with E-state index in [9.17, 15) is 27.9 Å². The number of alkyl halides is 3. The molecule has 2 atom stereocenters. The van der Waals surface area contributed by atoms with Gasteiger partial charge in [-0.1, -0.05) is 36.4 Å². The molecule has 1 amide bonds. The quantitative estimate of drug-likeness (QED) is 0.122. The second kappa shape index (κ2) is 18.7. The van der Waals surface area contributed by atoms with E-state index in [0.717, 1.165) is 39.0 Å². The van der Waals surface area contributed by atoms with Gasteiger partial charge < -0.3 is 33.9 Å². The van der Waals surface area contributed by atoms with Gasteiger partial charge in [0, 0.05) is 39.1 Å². The van der Waals surface area contributed by atoms with Crippen LogP contribution in [0.5, 0.6) is 0 Å². The van der Waals surface area contributed by atoms with Gasteiger partial charge in [-0.15, -0.1) is 10.2 Å². The van der Waals surface area contributed by atoms with Gasteiger partial charge in [-0.3, -0.25) is 13.9 Å². The van der Waals surface area contributed by atoms with Gasteiger partial charge >= 0.3 is 18.0 Å². The Labute approximate surface area is 334 Å². The van der Waals surface area contributed by atoms with E-state index in [1.165, 1.54) is 18.7 Å². The number of alkyl carbamates (subject to hydrolysis) is 1. The average molecular weight is 810 g/mol. The first kappa shape index (κ1) is 42.5. The number of rotatable bonds is 16. The maximum atomic E-state index is 14.5. The number of nitrogens with one attached hydrogen (secondary N) is 1. The van der Waals surface area contributed by atoms with Crippen molar-refractivity contribution in [1.82, 2.24) is 33.9 Å². The predicted molar refractivity (Wildman–Crippen MR) is 207 cm³/mol. The van der Waals surface area contributed by atoms with E-state index in [1.54, 1.807) is 56.7 Å². The van der Waals surface area contributed by atoms with Gasteiger partial charge in [0.2, 0.25) is 0 Å². The molecular formula is C41H50F3N7O7. The summed E-state index contributed by atoms with van der Waals surface area (Å²) in [6.07, 6.45) is -0.754. The van der Waals surface area contributed by atoms with Gasteiger partial charge in [0.25, 0.3) is 0 Å². The number of amides is 1. The van der Waals surface area contributed by atoms with Gasteiger partial charge in [-0.2, -0.15) is 13.2 Å². The highest BCUT2D eigenvalue weighted by molar-refractivity contribution is 5.67. The van der Waals surface area contributed by atoms with Crippen LogP contribution in [0.3, 0.4) is 0 Å². The van der Waals surface area contributed by atoms with Crippen molar-refractivity contribution >= 4 is 11.6 Å². The van der Waals surface area contributed by atoms with Gasteiger partial charge in [-0.05, 0) is 80.6 Å². The van der Waals surface area contributed by atoms with Gasteiger partial charge in [0.15, 0.2) is 5.82 Å². The van der Waals surface area contributed by atoms with Crippen molar-refractivity contribution in [2.24, 2.45) is 7.05 Å². The molecule has 4 heterocycles. The molecule has 5 aromatic rings. The maximum absolute atomic E-state index is 14.5. The fraction of sp³-hybridized carbons (Fsp3) is 0.463. The number of likely N-dealkylation sites (tertiary alicyclic amines) is 1. The Morgan fingerprint density at radius 1 is 0.983 bits per heavy atom. The summed E-state index contributed by atoms with van der Waals surface area (Å²) in [5.41, 5.74) is 0.630. The Kier molecular flexibility index (Phi) is 13.7. The lowest BCUT2D eigenvalue weighted by Gasteiger charge is -2.32. The second-order valence-corrected chi connectivity index (χ2v) is 15.3. The van der Waals surface area contributed by atoms with Crippen LogP contribution in [0.2, 0.25) is 0 Å². The van der Waals surface area contributed by atoms with Crippen LogP contribution in [-0.4, -0.2) is 91.0 Å². The standard InChI is InChI=1S/C41H50F3N7O7/c1-40(2,3)58-38(53)45-14-16-55-25-28-10-12-29(13-11-28)26-56-17-18-57-33-9-6-15-49(23-33)21-30-19-34(41(42,43)44)35-24-50(39(54)51(35)22-30)32-8-5-7-31(20-32)36(52)37-47-46-27-48(37)4/h5,7-8,10-13,19-20,22,24,27,33,36,52H,6,9,14-18,21,23,25-26H2,1-4H3,(H,45,53)/t33-,36-/m1/s1. The first-order valence-corrected chi connectivity index (χ1v) is 19.1. The summed E-state index contributed by atoms with van der Waals surface area (Å²) in [4.78, 5) is 27.4. The summed E-state index contributed by atoms with van der Waals surface area (Å²) in [7, 11) is 1.68. The third-order valence-corrected chi connectivity index (χ3v) is 9.51. The van der Waals surface area contributed by atoms with Crippen molar-refractivity contribution in [1.29, 1.82) is 0 Å². The van der Waals surface area contributed by atoms with E-state index in [-0.39, 0.29) is 24.0 Å². The summed E-state index contributed by atoms with van der Waals surface area (Å²) in [5, 5.41) is 21.3. The minimum Gasteiger partial charge on any atom is -0.444 e. The number of hydrogen-bond donors (Lipinski definition) is 2. The van der Waals surface area contributed by atoms with Crippen molar-refractivity contribution < 1.29 is 42.0 Å². The number of pyridine rings is 1. The van der Waals surface area contributed by atoms with Crippen LogP contribution < -0.4 is 11.0 Å². The molecule has 1 saturated heterocycles. The summed E-state index contributed by atoms with van der Waals surface area (Å²) in [6.45, 7) is 9.07. The zero-order valence-electron chi connectivity index (χ0n) is 33.1. The zero-order chi connectivity index (χ0) is 41.5. The molecule has 0 radical (unpaired) electrons. The summed E-state index contributed by atoms with van der Waals surface area (Å²) >= 11 is 0. The lowest BCUT2D eigenvalue weighted by molar-refractivity contribution is -0.136. The fourth-order valence-corrected chi connectivity index (χ4v) is 6.75. The molecular weight excluding hydrogens is 759 g/mol. The molecule has 0 unspecified atom stereocenters. The minimum absolute atomic E-state index is 0.116. The molecule has 14 nitrogen and oxygen atoms in total. The van der Waals surface area contributed by atoms with Gasteiger partial charge in [0.05, 0.1) is 55.9 Å². The number of carbonyl (C=O) groups excluding carboxylic acids is 1. The highest BCUT2D eigenvalue weighted by Gasteiger charge is 2.35. The smallest absolute Gasteiger partial charge is 0.418 e. The Bertz CT molecular complexity index is 2190. The molecule has 1 fully saturated rings. The first-order valence-electron chi connectivity index (χ1n) is 19.1. The van der Waals surface area contributed by atoms with E-state index in [2.05, 4.69) is 15.5 Å². The van der Waals surface area contributed by atoms with Crippen LogP contribution in [0.15, 0.2) is 78.1 Å². The van der Waals surface area contributed by atoms with Crippen LogP contribution in [0.4, 0.5) is 18.0 Å². The van der Waals surface area contributed by atoms with Gasteiger partial charge in [0.1, 0.15) is 18.0 Å². The SMILES string of the molecule is Cn1cnnc1[C@H](O)c1cccc(-n2cc3c(C(F)(F)F)cc(CN4CCC[C@@H](OCCOCc5ccc(COCCNC(=O)OC(C)(C)C)cc5)C4)cn3c2=O)c1. The van der Waals surface area contributed by atoms with E-state index < -0.39 is 35.2 Å². The summed E-state index contributed by atoms with van der Waals surface area (Å²) in [5.74, 6) is 0.278. The predicted octanol–water partition coefficient (Wildman–Crippen LogP) is 5.56. The third-order valence-electron chi connectivity index (χ3n) is 9.51. The summed E-state index contributed by atoms with van der Waals surface area (Å²) in [6, 6.07) is 15.4. The normalized spacial score (nSPS) is 15.8. The number of piperidine rings is 1. The highest BCUT2D eigenvalue weighted by Crippen LogP contribution is 2.34. The lowest BCUT2D eigenvalue weighted by Crippen LogP contribution is -2.39. The fourth-order valence-electron chi connectivity index (χ4n) is 6.75. The Morgan fingerprint density at radius 2 is 1.71 bits per heavy atom. The number of nitrogens with zero attached hydrogens (tertiary/aromatic N) is 6. The van der Waals surface area contributed by atoms with Crippen molar-refractivity contribution in [2.45, 2.75) is 77.4 Å². The third kappa shape index (κ3) is 11.3. The minimum atomic E-state index is -4.71. The number of aliphatic hydroxyl groups is 1. The molecule has 0 aliphatic carbocycles. The van der Waals surface area contributed by atoms with Crippen LogP contribution in [0.1, 0.15) is 73.4 Å². The average Bonchev–Trinajstić information content (AvgIpc) is 3.75. The topological polar surface area (TPSA) is 147 Å². The van der Waals surface area contributed by atoms with Crippen molar-refractivity contribution in [3.63, 3.8) is 0 Å². The van der Waals surface area contributed by atoms with Crippen LogP contribution in [-0.2, 0) is 51.9 Å². The largest absolute Gasteiger partial charge is 0.444 e. The number of aryl methyl sites for hydroxylation is 1. The molecule has 0 bridgehead atoms. The maximum Gasteiger partial charge on any atom is 0.418 e. The molecule has 2 N–H and O–H groups in total. The van der Waals surface area contributed by atoms with Crippen LogP contribution in [0.25, 0.3) is 11.2 Å². The van der Waals surface area contributed by atoms with Crippen LogP contribution in [0, 0.1) is 0 Å². The van der Waals surface area contributed by atoms with E-state index in [1.807, 2.05) is 29.2 Å². The zero-order valence-corrected chi connectivity index (χ0v) is 33.1. The number of hydrogen-bond acceptors (Lipinski definition) is 10. The van der Waals surface area contributed by atoms with Crippen molar-refractivity contribution in [3.05, 3.63) is 117 Å². The molecule has 1 aliphatic heterocycles. The Hall–Kier alpha value is -5.07. The molecule has 2 aromatic carbocycles. The molecule has 58 heavy (non-hydrogen) atoms. The summed E-state index contributed by atoms with van der Waals surface area (Å²) < 4.78 is 69.9. The van der Waals surface area contributed by atoms with E-state index in [4.69, 9.17) is 18.9 Å². The first-order chi connectivity index (χ1) is 27.6. The molecule has 0 saturated carbocycles. The number of aliphatic hydroxyl groups excluding tert-OH is 1. The van der Waals surface area contributed by atoms with E-state index >= 15 is 0 Å². The number of ether oxygens (including phenoxy) is 4. The van der Waals surface area contributed by atoms with Gasteiger partial charge in [-0.25, -0.2) is 9.59 Å². The lowest BCUT2D eigenvalue weighted by atomic mass is 10.1. The molecule has 3 aromatic heterocycles. The highest BCUT2D eigenvalue weighted by atomic mass is 19.4. The number of imidazole rings is 1. The number of halogens is 3. The number of fused-ring (bicyclic) bond motifs is 1. The Morgan fingerprint density at radius 3 is 2.38 bits per heavy atom. The molecule has 17 heteroatoms. The van der Waals surface area contributed by atoms with E-state index in [0.29, 0.717) is 69.5 Å². The molecule has 312 valence electrons. The second-order valence-electron chi connectivity index (χ2n) is 15.3.